The Morgan fingerprint density at radius 3 is 2.35 bits per heavy atom. The lowest BCUT2D eigenvalue weighted by Crippen LogP contribution is -2.09. The van der Waals surface area contributed by atoms with E-state index in [0.717, 1.165) is 38.9 Å². The second-order valence-electron chi connectivity index (χ2n) is 7.90. The Bertz CT molecular complexity index is 1380. The molecule has 3 aromatic carbocycles. The summed E-state index contributed by atoms with van der Waals surface area (Å²) >= 11 is 0. The quantitative estimate of drug-likeness (QED) is 0.322. The Morgan fingerprint density at radius 1 is 0.912 bits per heavy atom. The second-order valence-corrected chi connectivity index (χ2v) is 7.90. The van der Waals surface area contributed by atoms with Gasteiger partial charge in [-0.05, 0) is 54.8 Å². The maximum Gasteiger partial charge on any atom is 0.248 e. The normalized spacial score (nSPS) is 11.4. The highest BCUT2D eigenvalue weighted by molar-refractivity contribution is 6.05. The summed E-state index contributed by atoms with van der Waals surface area (Å²) in [5.41, 5.74) is 5.86. The molecule has 0 aliphatic rings. The molecule has 0 saturated heterocycles. The topological polar surface area (TPSA) is 69.9 Å². The van der Waals surface area contributed by atoms with Crippen LogP contribution in [0.3, 0.4) is 0 Å². The number of ether oxygens (including phenoxy) is 3. The molecule has 0 aliphatic carbocycles. The maximum absolute atomic E-state index is 12.7. The molecule has 34 heavy (non-hydrogen) atoms. The number of fused-ring (bicyclic) bond motifs is 1. The standard InChI is InChI=1S/C28H27NO5/c1-17-8-6-7-9-23(17)29-28(30)12-18(2)20-14-21-22(16-34-26(21)15-25(20)32-4)19-10-11-24(31-3)27(13-19)33-5/h6-16H,1-5H3,(H,29,30)/b18-12+. The van der Waals surface area contributed by atoms with Gasteiger partial charge < -0.3 is 23.9 Å². The minimum atomic E-state index is -0.207. The average molecular weight is 458 g/mol. The summed E-state index contributed by atoms with van der Waals surface area (Å²) in [6.45, 7) is 3.84. The Labute approximate surface area is 198 Å². The van der Waals surface area contributed by atoms with Crippen LogP contribution in [0.4, 0.5) is 5.69 Å². The van der Waals surface area contributed by atoms with E-state index in [1.54, 1.807) is 33.7 Å². The number of nitrogens with one attached hydrogen (secondary N) is 1. The average Bonchev–Trinajstić information content (AvgIpc) is 3.27. The fourth-order valence-electron chi connectivity index (χ4n) is 3.92. The van der Waals surface area contributed by atoms with Crippen LogP contribution in [-0.4, -0.2) is 27.2 Å². The third-order valence-corrected chi connectivity index (χ3v) is 5.77. The van der Waals surface area contributed by atoms with E-state index in [2.05, 4.69) is 5.32 Å². The maximum atomic E-state index is 12.7. The molecule has 0 aliphatic heterocycles. The van der Waals surface area contributed by atoms with E-state index < -0.39 is 0 Å². The van der Waals surface area contributed by atoms with Gasteiger partial charge in [-0.1, -0.05) is 24.3 Å². The van der Waals surface area contributed by atoms with Crippen LogP contribution in [0, 0.1) is 6.92 Å². The van der Waals surface area contributed by atoms with Gasteiger partial charge in [0, 0.05) is 34.3 Å². The van der Waals surface area contributed by atoms with Crippen LogP contribution in [0.15, 0.2) is 71.4 Å². The number of hydrogen-bond acceptors (Lipinski definition) is 5. The van der Waals surface area contributed by atoms with Gasteiger partial charge in [0.05, 0.1) is 27.6 Å². The summed E-state index contributed by atoms with van der Waals surface area (Å²) in [5, 5.41) is 3.84. The molecule has 0 fully saturated rings. The van der Waals surface area contributed by atoms with Gasteiger partial charge in [-0.3, -0.25) is 4.79 Å². The summed E-state index contributed by atoms with van der Waals surface area (Å²) in [7, 11) is 4.81. The molecular weight excluding hydrogens is 430 g/mol. The van der Waals surface area contributed by atoms with Crippen molar-refractivity contribution in [3.63, 3.8) is 0 Å². The van der Waals surface area contributed by atoms with Crippen LogP contribution in [0.1, 0.15) is 18.1 Å². The Balaban J connectivity index is 1.74. The number of amides is 1. The van der Waals surface area contributed by atoms with Gasteiger partial charge in [0.2, 0.25) is 5.91 Å². The van der Waals surface area contributed by atoms with Crippen molar-refractivity contribution in [3.05, 3.63) is 78.1 Å². The lowest BCUT2D eigenvalue weighted by Gasteiger charge is -2.11. The summed E-state index contributed by atoms with van der Waals surface area (Å²) in [6.07, 6.45) is 3.28. The van der Waals surface area contributed by atoms with Crippen molar-refractivity contribution >= 4 is 28.1 Å². The molecule has 1 heterocycles. The highest BCUT2D eigenvalue weighted by Gasteiger charge is 2.16. The minimum Gasteiger partial charge on any atom is -0.496 e. The molecule has 4 aromatic rings. The van der Waals surface area contributed by atoms with Crippen molar-refractivity contribution in [1.82, 2.24) is 0 Å². The molecule has 0 bridgehead atoms. The van der Waals surface area contributed by atoms with Crippen molar-refractivity contribution in [1.29, 1.82) is 0 Å². The monoisotopic (exact) mass is 457 g/mol. The number of rotatable bonds is 7. The summed E-state index contributed by atoms with van der Waals surface area (Å²) in [4.78, 5) is 12.7. The van der Waals surface area contributed by atoms with Crippen LogP contribution in [0.2, 0.25) is 0 Å². The molecule has 0 saturated carbocycles. The van der Waals surface area contributed by atoms with Gasteiger partial charge in [-0.15, -0.1) is 0 Å². The Morgan fingerprint density at radius 2 is 1.65 bits per heavy atom. The largest absolute Gasteiger partial charge is 0.496 e. The lowest BCUT2D eigenvalue weighted by molar-refractivity contribution is -0.111. The molecule has 4 rings (SSSR count). The molecular formula is C28H27NO5. The third-order valence-electron chi connectivity index (χ3n) is 5.77. The SMILES string of the molecule is COc1ccc(-c2coc3cc(OC)c(/C(C)=C/C(=O)Nc4ccccc4C)cc23)cc1OC. The van der Waals surface area contributed by atoms with E-state index >= 15 is 0 Å². The highest BCUT2D eigenvalue weighted by Crippen LogP contribution is 2.39. The molecule has 0 unspecified atom stereocenters. The first kappa shape index (κ1) is 23.0. The number of para-hydroxylation sites is 1. The highest BCUT2D eigenvalue weighted by atomic mass is 16.5. The van der Waals surface area contributed by atoms with E-state index in [1.807, 2.05) is 68.4 Å². The Kier molecular flexibility index (Phi) is 6.59. The van der Waals surface area contributed by atoms with Crippen molar-refractivity contribution in [3.8, 4) is 28.4 Å². The van der Waals surface area contributed by atoms with Gasteiger partial charge in [-0.2, -0.15) is 0 Å². The van der Waals surface area contributed by atoms with E-state index in [-0.39, 0.29) is 5.91 Å². The lowest BCUT2D eigenvalue weighted by atomic mass is 9.99. The van der Waals surface area contributed by atoms with Crippen LogP contribution in [0.25, 0.3) is 27.7 Å². The van der Waals surface area contributed by atoms with Gasteiger partial charge >= 0.3 is 0 Å². The second kappa shape index (κ2) is 9.75. The van der Waals surface area contributed by atoms with Crippen molar-refractivity contribution in [2.45, 2.75) is 13.8 Å². The first-order chi connectivity index (χ1) is 16.4. The number of carbonyl (C=O) groups is 1. The summed E-state index contributed by atoms with van der Waals surface area (Å²) < 4.78 is 22.3. The zero-order valence-electron chi connectivity index (χ0n) is 19.9. The van der Waals surface area contributed by atoms with Gasteiger partial charge in [-0.25, -0.2) is 0 Å². The van der Waals surface area contributed by atoms with E-state index in [1.165, 1.54) is 0 Å². The smallest absolute Gasteiger partial charge is 0.248 e. The fourth-order valence-corrected chi connectivity index (χ4v) is 3.92. The number of allylic oxidation sites excluding steroid dienone is 1. The number of benzene rings is 3. The number of carbonyl (C=O) groups excluding carboxylic acids is 1. The van der Waals surface area contributed by atoms with E-state index in [0.29, 0.717) is 22.8 Å². The van der Waals surface area contributed by atoms with Crippen molar-refractivity contribution in [2.75, 3.05) is 26.6 Å². The van der Waals surface area contributed by atoms with Crippen LogP contribution >= 0.6 is 0 Å². The number of furan rings is 1. The van der Waals surface area contributed by atoms with Crippen LogP contribution < -0.4 is 19.5 Å². The zero-order chi connectivity index (χ0) is 24.2. The van der Waals surface area contributed by atoms with Crippen LogP contribution in [-0.2, 0) is 4.79 Å². The number of aryl methyl sites for hydroxylation is 1. The zero-order valence-corrected chi connectivity index (χ0v) is 19.9. The fraction of sp³-hybridized carbons (Fsp3) is 0.179. The summed E-state index contributed by atoms with van der Waals surface area (Å²) in [5.74, 6) is 1.70. The van der Waals surface area contributed by atoms with E-state index in [4.69, 9.17) is 18.6 Å². The predicted octanol–water partition coefficient (Wildman–Crippen LogP) is 6.48. The first-order valence-corrected chi connectivity index (χ1v) is 10.8. The molecule has 0 spiro atoms. The molecule has 0 radical (unpaired) electrons. The molecule has 0 atom stereocenters. The minimum absolute atomic E-state index is 0.207. The molecule has 6 heteroatoms. The molecule has 6 nitrogen and oxygen atoms in total. The van der Waals surface area contributed by atoms with Gasteiger partial charge in [0.25, 0.3) is 0 Å². The molecule has 174 valence electrons. The third kappa shape index (κ3) is 4.48. The van der Waals surface area contributed by atoms with Gasteiger partial charge in [0.15, 0.2) is 11.5 Å². The number of methoxy groups -OCH3 is 3. The molecule has 1 aromatic heterocycles. The first-order valence-electron chi connectivity index (χ1n) is 10.8. The van der Waals surface area contributed by atoms with E-state index in [9.17, 15) is 4.79 Å². The van der Waals surface area contributed by atoms with Crippen molar-refractivity contribution < 1.29 is 23.4 Å². The van der Waals surface area contributed by atoms with Crippen LogP contribution in [0.5, 0.6) is 17.2 Å². The van der Waals surface area contributed by atoms with Crippen molar-refractivity contribution in [2.24, 2.45) is 0 Å². The molecule has 1 amide bonds. The molecule has 1 N–H and O–H groups in total. The Hall–Kier alpha value is -4.19. The van der Waals surface area contributed by atoms with Gasteiger partial charge in [0.1, 0.15) is 11.3 Å². The number of anilines is 1. The number of hydrogen-bond donors (Lipinski definition) is 1. The summed E-state index contributed by atoms with van der Waals surface area (Å²) in [6, 6.07) is 17.2. The predicted molar refractivity (Wildman–Crippen MR) is 135 cm³/mol.